The highest BCUT2D eigenvalue weighted by molar-refractivity contribution is 6.02. The number of rotatable bonds is 0. The van der Waals surface area contributed by atoms with E-state index < -0.39 is 0 Å². The van der Waals surface area contributed by atoms with Crippen molar-refractivity contribution in [3.8, 4) is 0 Å². The topological polar surface area (TPSA) is 42.9 Å². The van der Waals surface area contributed by atoms with Crippen LogP contribution in [-0.4, -0.2) is 9.97 Å². The van der Waals surface area contributed by atoms with Crippen LogP contribution in [0.1, 0.15) is 0 Å². The second kappa shape index (κ2) is 3.38. The van der Waals surface area contributed by atoms with Crippen LogP contribution in [0.5, 0.6) is 0 Å². The van der Waals surface area contributed by atoms with Gasteiger partial charge in [0, 0.05) is 23.0 Å². The number of pyridine rings is 1. The average Bonchev–Trinajstić information content (AvgIpc) is 2.44. The molecular formula is C13H8N2O. The Labute approximate surface area is 91.4 Å². The second-order valence-electron chi connectivity index (χ2n) is 3.55. The molecule has 0 radical (unpaired) electrons. The standard InChI is InChI=1S/C13H8N2O/c16-13-8-12-10(5-3-7-14-12)9-4-1-2-6-11(9)15-13/h1-8H. The zero-order chi connectivity index (χ0) is 11.0. The van der Waals surface area contributed by atoms with E-state index in [2.05, 4.69) is 9.97 Å². The average molecular weight is 208 g/mol. The van der Waals surface area contributed by atoms with Crippen molar-refractivity contribution in [2.75, 3.05) is 0 Å². The molecule has 0 N–H and O–H groups in total. The first kappa shape index (κ1) is 8.97. The molecule has 76 valence electrons. The fraction of sp³-hybridized carbons (Fsp3) is 0. The van der Waals surface area contributed by atoms with E-state index in [1.54, 1.807) is 6.20 Å². The van der Waals surface area contributed by atoms with Crippen LogP contribution in [0.2, 0.25) is 0 Å². The normalized spacial score (nSPS) is 10.8. The molecule has 0 aliphatic carbocycles. The Balaban J connectivity index is 2.72. The van der Waals surface area contributed by atoms with Crippen molar-refractivity contribution in [3.63, 3.8) is 0 Å². The predicted molar refractivity (Wildman–Crippen MR) is 63.3 cm³/mol. The third kappa shape index (κ3) is 1.34. The zero-order valence-corrected chi connectivity index (χ0v) is 8.42. The summed E-state index contributed by atoms with van der Waals surface area (Å²) < 4.78 is 0. The SMILES string of the molecule is O=c1cc2ncccc2c2ccccc2n1. The summed E-state index contributed by atoms with van der Waals surface area (Å²) in [5.74, 6) is 0. The summed E-state index contributed by atoms with van der Waals surface area (Å²) in [6.07, 6.45) is 1.68. The Morgan fingerprint density at radius 1 is 0.875 bits per heavy atom. The van der Waals surface area contributed by atoms with E-state index >= 15 is 0 Å². The van der Waals surface area contributed by atoms with Gasteiger partial charge >= 0.3 is 0 Å². The molecule has 0 spiro atoms. The molecule has 2 heterocycles. The fourth-order valence-corrected chi connectivity index (χ4v) is 1.83. The first-order chi connectivity index (χ1) is 7.84. The lowest BCUT2D eigenvalue weighted by Crippen LogP contribution is -1.98. The number of nitrogens with zero attached hydrogens (tertiary/aromatic N) is 2. The number of benzene rings is 1. The molecule has 3 heteroatoms. The van der Waals surface area contributed by atoms with E-state index in [1.165, 1.54) is 6.07 Å². The Kier molecular flexibility index (Phi) is 1.90. The van der Waals surface area contributed by atoms with E-state index in [0.717, 1.165) is 10.8 Å². The zero-order valence-electron chi connectivity index (χ0n) is 8.42. The molecule has 0 aliphatic rings. The Morgan fingerprint density at radius 3 is 2.56 bits per heavy atom. The van der Waals surface area contributed by atoms with Crippen LogP contribution in [0.25, 0.3) is 21.8 Å². The van der Waals surface area contributed by atoms with E-state index in [0.29, 0.717) is 11.0 Å². The summed E-state index contributed by atoms with van der Waals surface area (Å²) in [5.41, 5.74) is 1.13. The van der Waals surface area contributed by atoms with Gasteiger partial charge in [-0.2, -0.15) is 0 Å². The van der Waals surface area contributed by atoms with Gasteiger partial charge in [0.2, 0.25) is 0 Å². The molecule has 0 saturated heterocycles. The third-order valence-corrected chi connectivity index (χ3v) is 2.52. The van der Waals surface area contributed by atoms with Crippen LogP contribution in [0.3, 0.4) is 0 Å². The van der Waals surface area contributed by atoms with Gasteiger partial charge in [0.05, 0.1) is 11.0 Å². The molecule has 0 amide bonds. The lowest BCUT2D eigenvalue weighted by atomic mass is 10.1. The molecule has 0 atom stereocenters. The van der Waals surface area contributed by atoms with Crippen molar-refractivity contribution >= 4 is 21.8 Å². The summed E-state index contributed by atoms with van der Waals surface area (Å²) in [4.78, 5) is 19.8. The monoisotopic (exact) mass is 208 g/mol. The summed E-state index contributed by atoms with van der Waals surface area (Å²) in [7, 11) is 0. The van der Waals surface area contributed by atoms with E-state index in [9.17, 15) is 4.79 Å². The van der Waals surface area contributed by atoms with Gasteiger partial charge in [-0.25, -0.2) is 4.98 Å². The smallest absolute Gasteiger partial charge is 0.267 e. The van der Waals surface area contributed by atoms with Crippen molar-refractivity contribution in [1.29, 1.82) is 0 Å². The minimum Gasteiger partial charge on any atom is -0.267 e. The van der Waals surface area contributed by atoms with E-state index in [-0.39, 0.29) is 5.56 Å². The van der Waals surface area contributed by atoms with Crippen molar-refractivity contribution in [2.45, 2.75) is 0 Å². The van der Waals surface area contributed by atoms with Gasteiger partial charge in [-0.05, 0) is 12.1 Å². The summed E-state index contributed by atoms with van der Waals surface area (Å²) >= 11 is 0. The van der Waals surface area contributed by atoms with E-state index in [4.69, 9.17) is 0 Å². The highest BCUT2D eigenvalue weighted by atomic mass is 16.1. The highest BCUT2D eigenvalue weighted by Gasteiger charge is 2.00. The first-order valence-electron chi connectivity index (χ1n) is 4.99. The summed E-state index contributed by atoms with van der Waals surface area (Å²) in [6, 6.07) is 12.9. The minimum absolute atomic E-state index is 0.259. The number of hydrogen-bond acceptors (Lipinski definition) is 3. The first-order valence-corrected chi connectivity index (χ1v) is 4.99. The molecule has 0 unspecified atom stereocenters. The van der Waals surface area contributed by atoms with Crippen LogP contribution in [0, 0.1) is 0 Å². The Bertz CT molecular complexity index is 676. The maximum atomic E-state index is 11.5. The molecule has 3 rings (SSSR count). The molecule has 16 heavy (non-hydrogen) atoms. The van der Waals surface area contributed by atoms with Gasteiger partial charge in [0.15, 0.2) is 0 Å². The third-order valence-electron chi connectivity index (χ3n) is 2.52. The largest absolute Gasteiger partial charge is 0.272 e. The molecule has 2 aromatic heterocycles. The molecule has 3 aromatic rings. The second-order valence-corrected chi connectivity index (χ2v) is 3.55. The highest BCUT2D eigenvalue weighted by Crippen LogP contribution is 2.18. The van der Waals surface area contributed by atoms with Crippen molar-refractivity contribution in [1.82, 2.24) is 9.97 Å². The Morgan fingerprint density at radius 2 is 1.62 bits per heavy atom. The molecule has 1 aromatic carbocycles. The van der Waals surface area contributed by atoms with Gasteiger partial charge in [0.1, 0.15) is 0 Å². The molecule has 3 nitrogen and oxygen atoms in total. The molecule has 0 bridgehead atoms. The van der Waals surface area contributed by atoms with Gasteiger partial charge in [0.25, 0.3) is 5.56 Å². The van der Waals surface area contributed by atoms with Crippen LogP contribution >= 0.6 is 0 Å². The Hall–Kier alpha value is -2.29. The lowest BCUT2D eigenvalue weighted by molar-refractivity contribution is 1.32. The van der Waals surface area contributed by atoms with Gasteiger partial charge in [-0.3, -0.25) is 9.78 Å². The van der Waals surface area contributed by atoms with Gasteiger partial charge in [-0.15, -0.1) is 0 Å². The van der Waals surface area contributed by atoms with Gasteiger partial charge < -0.3 is 0 Å². The quantitative estimate of drug-likeness (QED) is 0.568. The summed E-state index contributed by atoms with van der Waals surface area (Å²) in [6.45, 7) is 0. The predicted octanol–water partition coefficient (Wildman–Crippen LogP) is 2.14. The number of para-hydroxylation sites is 1. The van der Waals surface area contributed by atoms with Crippen LogP contribution in [0.15, 0.2) is 53.5 Å². The molecule has 0 saturated carbocycles. The lowest BCUT2D eigenvalue weighted by Gasteiger charge is -1.94. The van der Waals surface area contributed by atoms with Crippen LogP contribution in [-0.2, 0) is 0 Å². The number of hydrogen-bond donors (Lipinski definition) is 0. The van der Waals surface area contributed by atoms with Crippen molar-refractivity contribution < 1.29 is 0 Å². The van der Waals surface area contributed by atoms with Crippen LogP contribution < -0.4 is 5.56 Å². The fourth-order valence-electron chi connectivity index (χ4n) is 1.83. The maximum Gasteiger partial charge on any atom is 0.272 e. The molecule has 0 aliphatic heterocycles. The van der Waals surface area contributed by atoms with Crippen LogP contribution in [0.4, 0.5) is 0 Å². The number of aromatic nitrogens is 2. The number of fused-ring (bicyclic) bond motifs is 3. The molecule has 0 fully saturated rings. The maximum absolute atomic E-state index is 11.5. The van der Waals surface area contributed by atoms with Crippen molar-refractivity contribution in [2.24, 2.45) is 0 Å². The van der Waals surface area contributed by atoms with E-state index in [1.807, 2.05) is 36.4 Å². The minimum atomic E-state index is -0.259. The summed E-state index contributed by atoms with van der Waals surface area (Å²) in [5, 5.41) is 1.90. The van der Waals surface area contributed by atoms with Gasteiger partial charge in [-0.1, -0.05) is 24.3 Å². The van der Waals surface area contributed by atoms with Crippen molar-refractivity contribution in [3.05, 3.63) is 59.0 Å². The molecular weight excluding hydrogens is 200 g/mol.